The van der Waals surface area contributed by atoms with Crippen LogP contribution in [-0.2, 0) is 4.74 Å². The number of amides is 1. The van der Waals surface area contributed by atoms with Gasteiger partial charge in [0.2, 0.25) is 0 Å². The van der Waals surface area contributed by atoms with Crippen LogP contribution in [0.1, 0.15) is 22.8 Å². The van der Waals surface area contributed by atoms with E-state index in [1.54, 1.807) is 12.1 Å². The van der Waals surface area contributed by atoms with Crippen molar-refractivity contribution in [2.75, 3.05) is 6.61 Å². The Bertz CT molecular complexity index is 359. The van der Waals surface area contributed by atoms with Gasteiger partial charge in [-0.05, 0) is 38.2 Å². The van der Waals surface area contributed by atoms with E-state index >= 15 is 0 Å². The van der Waals surface area contributed by atoms with Crippen molar-refractivity contribution in [3.63, 3.8) is 0 Å². The Balaban J connectivity index is 2.61. The van der Waals surface area contributed by atoms with Gasteiger partial charge in [0, 0.05) is 5.56 Å². The first-order valence-electron chi connectivity index (χ1n) is 4.68. The van der Waals surface area contributed by atoms with Crippen molar-refractivity contribution in [2.45, 2.75) is 13.8 Å². The molecule has 80 valence electrons. The molecule has 0 bridgehead atoms. The van der Waals surface area contributed by atoms with Gasteiger partial charge in [-0.15, -0.1) is 0 Å². The smallest absolute Gasteiger partial charge is 0.263 e. The second-order valence-electron chi connectivity index (χ2n) is 3.04. The number of nitrogens with one attached hydrogen (secondary N) is 1. The average Bonchev–Trinajstić information content (AvgIpc) is 2.18. The zero-order valence-electron chi connectivity index (χ0n) is 8.74. The first kappa shape index (κ1) is 11.7. The molecule has 0 spiro atoms. The van der Waals surface area contributed by atoms with Crippen molar-refractivity contribution >= 4 is 23.3 Å². The van der Waals surface area contributed by atoms with Crippen LogP contribution in [0.3, 0.4) is 0 Å². The highest BCUT2D eigenvalue weighted by atomic mass is 32.1. The summed E-state index contributed by atoms with van der Waals surface area (Å²) in [5.74, 6) is -0.242. The second-order valence-corrected chi connectivity index (χ2v) is 3.41. The summed E-state index contributed by atoms with van der Waals surface area (Å²) in [5.41, 5.74) is 1.68. The van der Waals surface area contributed by atoms with Gasteiger partial charge in [-0.2, -0.15) is 0 Å². The summed E-state index contributed by atoms with van der Waals surface area (Å²) in [6, 6.07) is 7.25. The number of thiocarbonyl (C=S) groups is 1. The van der Waals surface area contributed by atoms with E-state index in [1.807, 2.05) is 26.0 Å². The number of hydrogen-bond donors (Lipinski definition) is 1. The molecule has 1 rings (SSSR count). The van der Waals surface area contributed by atoms with Crippen LogP contribution in [0, 0.1) is 6.92 Å². The molecule has 0 aliphatic carbocycles. The molecule has 1 N–H and O–H groups in total. The largest absolute Gasteiger partial charge is 0.471 e. The summed E-state index contributed by atoms with van der Waals surface area (Å²) in [6.45, 7) is 4.23. The predicted octanol–water partition coefficient (Wildman–Crippen LogP) is 2.05. The Morgan fingerprint density at radius 1 is 1.40 bits per heavy atom. The molecule has 0 radical (unpaired) electrons. The van der Waals surface area contributed by atoms with E-state index in [0.717, 1.165) is 5.56 Å². The molecule has 3 nitrogen and oxygen atoms in total. The molecule has 0 aliphatic rings. The standard InChI is InChI=1S/C11H13NO2S/c1-3-14-11(15)12-10(13)9-6-4-8(2)5-7-9/h4-7H,3H2,1-2H3,(H,12,13,15). The quantitative estimate of drug-likeness (QED) is 0.780. The molecule has 0 unspecified atom stereocenters. The minimum atomic E-state index is -0.242. The lowest BCUT2D eigenvalue weighted by Gasteiger charge is -2.06. The van der Waals surface area contributed by atoms with Gasteiger partial charge in [0.15, 0.2) is 0 Å². The van der Waals surface area contributed by atoms with Gasteiger partial charge in [0.25, 0.3) is 11.1 Å². The summed E-state index contributed by atoms with van der Waals surface area (Å²) in [7, 11) is 0. The Kier molecular flexibility index (Phi) is 4.24. The summed E-state index contributed by atoms with van der Waals surface area (Å²) < 4.78 is 4.96. The first-order valence-corrected chi connectivity index (χ1v) is 5.09. The molecule has 0 saturated heterocycles. The maximum Gasteiger partial charge on any atom is 0.263 e. The van der Waals surface area contributed by atoms with Crippen LogP contribution >= 0.6 is 12.2 Å². The van der Waals surface area contributed by atoms with E-state index in [0.29, 0.717) is 12.2 Å². The number of aryl methyl sites for hydroxylation is 1. The topological polar surface area (TPSA) is 38.3 Å². The fourth-order valence-corrected chi connectivity index (χ4v) is 1.25. The van der Waals surface area contributed by atoms with E-state index < -0.39 is 0 Å². The molecule has 0 aromatic heterocycles. The lowest BCUT2D eigenvalue weighted by atomic mass is 10.1. The SMILES string of the molecule is CCOC(=S)NC(=O)c1ccc(C)cc1. The number of carbonyl (C=O) groups excluding carboxylic acids is 1. The minimum absolute atomic E-state index is 0.114. The molecule has 0 saturated carbocycles. The maximum atomic E-state index is 11.6. The number of rotatable bonds is 2. The Morgan fingerprint density at radius 2 is 2.00 bits per heavy atom. The number of ether oxygens (including phenoxy) is 1. The molecule has 1 amide bonds. The summed E-state index contributed by atoms with van der Waals surface area (Å²) in [4.78, 5) is 11.6. The van der Waals surface area contributed by atoms with E-state index in [-0.39, 0.29) is 11.1 Å². The number of hydrogen-bond acceptors (Lipinski definition) is 3. The highest BCUT2D eigenvalue weighted by Crippen LogP contribution is 2.02. The summed E-state index contributed by atoms with van der Waals surface area (Å²) in [6.07, 6.45) is 0. The number of benzene rings is 1. The zero-order chi connectivity index (χ0) is 11.3. The maximum absolute atomic E-state index is 11.6. The number of carbonyl (C=O) groups is 1. The average molecular weight is 223 g/mol. The summed E-state index contributed by atoms with van der Waals surface area (Å²) >= 11 is 4.80. The molecule has 1 aromatic rings. The monoisotopic (exact) mass is 223 g/mol. The third-order valence-corrected chi connectivity index (χ3v) is 2.02. The fraction of sp³-hybridized carbons (Fsp3) is 0.273. The van der Waals surface area contributed by atoms with Crippen molar-refractivity contribution < 1.29 is 9.53 Å². The molecular formula is C11H13NO2S. The Morgan fingerprint density at radius 3 is 2.53 bits per heavy atom. The Labute approximate surface area is 94.4 Å². The van der Waals surface area contributed by atoms with Gasteiger partial charge < -0.3 is 4.74 Å². The molecule has 0 heterocycles. The van der Waals surface area contributed by atoms with Crippen LogP contribution in [0.15, 0.2) is 24.3 Å². The van der Waals surface area contributed by atoms with Crippen LogP contribution in [0.5, 0.6) is 0 Å². The van der Waals surface area contributed by atoms with Crippen LogP contribution in [0.2, 0.25) is 0 Å². The van der Waals surface area contributed by atoms with Gasteiger partial charge in [0.05, 0.1) is 6.61 Å². The predicted molar refractivity (Wildman–Crippen MR) is 62.9 cm³/mol. The van der Waals surface area contributed by atoms with Gasteiger partial charge in [-0.3, -0.25) is 10.1 Å². The van der Waals surface area contributed by atoms with Gasteiger partial charge >= 0.3 is 0 Å². The van der Waals surface area contributed by atoms with Crippen LogP contribution in [-0.4, -0.2) is 17.7 Å². The van der Waals surface area contributed by atoms with Crippen molar-refractivity contribution in [3.05, 3.63) is 35.4 Å². The lowest BCUT2D eigenvalue weighted by Crippen LogP contribution is -2.30. The molecule has 1 aromatic carbocycles. The van der Waals surface area contributed by atoms with E-state index in [9.17, 15) is 4.79 Å². The fourth-order valence-electron chi connectivity index (χ4n) is 1.04. The minimum Gasteiger partial charge on any atom is -0.471 e. The third-order valence-electron chi connectivity index (χ3n) is 1.80. The van der Waals surface area contributed by atoms with Gasteiger partial charge in [-0.1, -0.05) is 17.7 Å². The van der Waals surface area contributed by atoms with Crippen LogP contribution in [0.25, 0.3) is 0 Å². The highest BCUT2D eigenvalue weighted by Gasteiger charge is 2.07. The first-order chi connectivity index (χ1) is 7.13. The molecule has 0 aliphatic heterocycles. The van der Waals surface area contributed by atoms with Gasteiger partial charge in [0.1, 0.15) is 0 Å². The van der Waals surface area contributed by atoms with Crippen molar-refractivity contribution in [2.24, 2.45) is 0 Å². The lowest BCUT2D eigenvalue weighted by molar-refractivity contribution is 0.0968. The molecule has 4 heteroatoms. The van der Waals surface area contributed by atoms with Crippen LogP contribution < -0.4 is 5.32 Å². The molecule has 0 atom stereocenters. The molecule has 15 heavy (non-hydrogen) atoms. The van der Waals surface area contributed by atoms with Crippen molar-refractivity contribution in [1.29, 1.82) is 0 Å². The molecular weight excluding hydrogens is 210 g/mol. The van der Waals surface area contributed by atoms with E-state index in [2.05, 4.69) is 5.32 Å². The van der Waals surface area contributed by atoms with Crippen molar-refractivity contribution in [3.8, 4) is 0 Å². The van der Waals surface area contributed by atoms with E-state index in [1.165, 1.54) is 0 Å². The van der Waals surface area contributed by atoms with Crippen molar-refractivity contribution in [1.82, 2.24) is 5.32 Å². The third kappa shape index (κ3) is 3.67. The molecule has 0 fully saturated rings. The highest BCUT2D eigenvalue weighted by molar-refractivity contribution is 7.80. The second kappa shape index (κ2) is 5.46. The summed E-state index contributed by atoms with van der Waals surface area (Å²) in [5, 5.41) is 2.60. The van der Waals surface area contributed by atoms with Gasteiger partial charge in [-0.25, -0.2) is 0 Å². The normalized spacial score (nSPS) is 9.47. The van der Waals surface area contributed by atoms with E-state index in [4.69, 9.17) is 17.0 Å². The Hall–Kier alpha value is -1.42. The van der Waals surface area contributed by atoms with Crippen LogP contribution in [0.4, 0.5) is 0 Å². The zero-order valence-corrected chi connectivity index (χ0v) is 9.56.